The number of hydrogen-bond acceptors (Lipinski definition) is 5. The van der Waals surface area contributed by atoms with Crippen molar-refractivity contribution in [2.24, 2.45) is 5.10 Å². The second kappa shape index (κ2) is 13.3. The SMILES string of the molecule is COc1cc(C=NNC(=O)CCC(=O)Nc2cccc(Cl)c2)cc(Br)c1OCc1ccc(Br)cc1. The molecular formula is C25H22Br2ClN3O4. The van der Waals surface area contributed by atoms with Crippen molar-refractivity contribution in [1.29, 1.82) is 0 Å². The third-order valence-electron chi connectivity index (χ3n) is 4.64. The minimum atomic E-state index is -0.386. The van der Waals surface area contributed by atoms with E-state index in [1.807, 2.05) is 24.3 Å². The van der Waals surface area contributed by atoms with Crippen LogP contribution in [0.25, 0.3) is 0 Å². The molecule has 0 unspecified atom stereocenters. The molecule has 3 aromatic rings. The van der Waals surface area contributed by atoms with Gasteiger partial charge in [0.2, 0.25) is 11.8 Å². The van der Waals surface area contributed by atoms with E-state index in [9.17, 15) is 9.59 Å². The average Bonchev–Trinajstić information content (AvgIpc) is 2.83. The first kappa shape index (κ1) is 26.7. The topological polar surface area (TPSA) is 89.0 Å². The van der Waals surface area contributed by atoms with Crippen molar-refractivity contribution in [3.8, 4) is 11.5 Å². The number of amides is 2. The molecule has 0 radical (unpaired) electrons. The van der Waals surface area contributed by atoms with E-state index in [2.05, 4.69) is 47.7 Å². The number of rotatable bonds is 10. The van der Waals surface area contributed by atoms with Crippen LogP contribution < -0.4 is 20.2 Å². The predicted octanol–water partition coefficient (Wildman–Crippen LogP) is 6.32. The number of hydrazone groups is 1. The number of halogens is 3. The normalized spacial score (nSPS) is 10.7. The van der Waals surface area contributed by atoms with E-state index in [4.69, 9.17) is 21.1 Å². The number of nitrogens with one attached hydrogen (secondary N) is 2. The summed E-state index contributed by atoms with van der Waals surface area (Å²) in [6, 6.07) is 18.2. The molecule has 2 N–H and O–H groups in total. The molecule has 0 aromatic heterocycles. The Morgan fingerprint density at radius 2 is 1.77 bits per heavy atom. The predicted molar refractivity (Wildman–Crippen MR) is 144 cm³/mol. The Hall–Kier alpha value is -2.88. The molecule has 35 heavy (non-hydrogen) atoms. The highest BCUT2D eigenvalue weighted by Gasteiger charge is 2.12. The number of benzene rings is 3. The molecule has 0 aliphatic rings. The van der Waals surface area contributed by atoms with Crippen LogP contribution in [0.15, 0.2) is 74.7 Å². The number of carbonyl (C=O) groups is 2. The van der Waals surface area contributed by atoms with Gasteiger partial charge in [0, 0.05) is 28.0 Å². The number of methoxy groups -OCH3 is 1. The average molecular weight is 624 g/mol. The van der Waals surface area contributed by atoms with Crippen LogP contribution in [0.5, 0.6) is 11.5 Å². The zero-order valence-corrected chi connectivity index (χ0v) is 22.6. The zero-order valence-electron chi connectivity index (χ0n) is 18.7. The summed E-state index contributed by atoms with van der Waals surface area (Å²) in [5.41, 5.74) is 4.69. The van der Waals surface area contributed by atoms with Gasteiger partial charge in [-0.15, -0.1) is 0 Å². The molecule has 0 aliphatic heterocycles. The van der Waals surface area contributed by atoms with Gasteiger partial charge in [-0.1, -0.05) is 45.7 Å². The van der Waals surface area contributed by atoms with Crippen molar-refractivity contribution >= 4 is 67.2 Å². The van der Waals surface area contributed by atoms with E-state index in [1.54, 1.807) is 43.5 Å². The molecular weight excluding hydrogens is 602 g/mol. The molecule has 0 heterocycles. The van der Waals surface area contributed by atoms with Crippen LogP contribution >= 0.6 is 43.5 Å². The molecule has 10 heteroatoms. The quantitative estimate of drug-likeness (QED) is 0.204. The van der Waals surface area contributed by atoms with Crippen LogP contribution in [0.1, 0.15) is 24.0 Å². The summed E-state index contributed by atoms with van der Waals surface area (Å²) < 4.78 is 13.1. The largest absolute Gasteiger partial charge is 0.493 e. The van der Waals surface area contributed by atoms with Crippen LogP contribution in [-0.2, 0) is 16.2 Å². The summed E-state index contributed by atoms with van der Waals surface area (Å²) in [5.74, 6) is 0.394. The summed E-state index contributed by atoms with van der Waals surface area (Å²) in [7, 11) is 1.55. The molecule has 3 rings (SSSR count). The molecule has 0 atom stereocenters. The fraction of sp³-hybridized carbons (Fsp3) is 0.160. The smallest absolute Gasteiger partial charge is 0.240 e. The van der Waals surface area contributed by atoms with Crippen molar-refractivity contribution in [3.05, 3.63) is 85.8 Å². The van der Waals surface area contributed by atoms with Gasteiger partial charge in [-0.2, -0.15) is 5.10 Å². The van der Waals surface area contributed by atoms with Crippen molar-refractivity contribution < 1.29 is 19.1 Å². The maximum atomic E-state index is 12.0. The molecule has 0 saturated heterocycles. The van der Waals surface area contributed by atoms with Crippen molar-refractivity contribution in [2.75, 3.05) is 12.4 Å². The van der Waals surface area contributed by atoms with E-state index in [0.717, 1.165) is 10.0 Å². The lowest BCUT2D eigenvalue weighted by Crippen LogP contribution is -2.20. The van der Waals surface area contributed by atoms with Gasteiger partial charge in [-0.25, -0.2) is 5.43 Å². The van der Waals surface area contributed by atoms with Gasteiger partial charge in [-0.05, 0) is 69.5 Å². The summed E-state index contributed by atoms with van der Waals surface area (Å²) in [6.45, 7) is 0.372. The lowest BCUT2D eigenvalue weighted by Gasteiger charge is -2.13. The highest BCUT2D eigenvalue weighted by Crippen LogP contribution is 2.37. The summed E-state index contributed by atoms with van der Waals surface area (Å²) in [4.78, 5) is 24.1. The highest BCUT2D eigenvalue weighted by molar-refractivity contribution is 9.10. The lowest BCUT2D eigenvalue weighted by atomic mass is 10.2. The third-order valence-corrected chi connectivity index (χ3v) is 5.99. The standard InChI is InChI=1S/C25H22Br2ClN3O4/c1-34-22-12-17(11-21(27)25(22)35-15-16-5-7-18(26)8-6-16)14-29-31-24(33)10-9-23(32)30-20-4-2-3-19(28)13-20/h2-8,11-14H,9-10,15H2,1H3,(H,30,32)(H,31,33). The van der Waals surface area contributed by atoms with Gasteiger partial charge < -0.3 is 14.8 Å². The van der Waals surface area contributed by atoms with Crippen LogP contribution in [0.2, 0.25) is 5.02 Å². The summed E-state index contributed by atoms with van der Waals surface area (Å²) in [6.07, 6.45) is 1.48. The Balaban J connectivity index is 1.51. The van der Waals surface area contributed by atoms with Gasteiger partial charge in [0.05, 0.1) is 17.8 Å². The van der Waals surface area contributed by atoms with Crippen LogP contribution in [0.3, 0.4) is 0 Å². The van der Waals surface area contributed by atoms with Crippen LogP contribution in [0, 0.1) is 0 Å². The first-order valence-corrected chi connectivity index (χ1v) is 12.4. The maximum Gasteiger partial charge on any atom is 0.240 e. The molecule has 0 spiro atoms. The summed E-state index contributed by atoms with van der Waals surface area (Å²) in [5, 5.41) is 7.18. The van der Waals surface area contributed by atoms with E-state index >= 15 is 0 Å². The minimum Gasteiger partial charge on any atom is -0.493 e. The van der Waals surface area contributed by atoms with Gasteiger partial charge in [0.1, 0.15) is 6.61 Å². The molecule has 7 nitrogen and oxygen atoms in total. The Labute approximate surface area is 225 Å². The van der Waals surface area contributed by atoms with Gasteiger partial charge in [0.15, 0.2) is 11.5 Å². The van der Waals surface area contributed by atoms with E-state index < -0.39 is 0 Å². The van der Waals surface area contributed by atoms with Crippen LogP contribution in [0.4, 0.5) is 5.69 Å². The molecule has 0 fully saturated rings. The Bertz CT molecular complexity index is 1220. The van der Waals surface area contributed by atoms with Crippen molar-refractivity contribution in [3.63, 3.8) is 0 Å². The van der Waals surface area contributed by atoms with Crippen molar-refractivity contribution in [2.45, 2.75) is 19.4 Å². The minimum absolute atomic E-state index is 0.0115. The Kier molecular flexibility index (Phi) is 10.1. The number of hydrogen-bond donors (Lipinski definition) is 2. The lowest BCUT2D eigenvalue weighted by molar-refractivity contribution is -0.124. The highest BCUT2D eigenvalue weighted by atomic mass is 79.9. The number of carbonyl (C=O) groups excluding carboxylic acids is 2. The Morgan fingerprint density at radius 3 is 2.49 bits per heavy atom. The van der Waals surface area contributed by atoms with Gasteiger partial charge >= 0.3 is 0 Å². The second-order valence-corrected chi connectivity index (χ2v) is 9.51. The van der Waals surface area contributed by atoms with E-state index in [-0.39, 0.29) is 24.7 Å². The molecule has 3 aromatic carbocycles. The fourth-order valence-corrected chi connectivity index (χ4v) is 3.97. The van der Waals surface area contributed by atoms with E-state index in [1.165, 1.54) is 6.21 Å². The molecule has 0 bridgehead atoms. The molecule has 182 valence electrons. The first-order valence-electron chi connectivity index (χ1n) is 10.5. The zero-order chi connectivity index (χ0) is 25.2. The third kappa shape index (κ3) is 8.69. The second-order valence-electron chi connectivity index (χ2n) is 7.30. The monoisotopic (exact) mass is 621 g/mol. The molecule has 2 amide bonds. The number of ether oxygens (including phenoxy) is 2. The van der Waals surface area contributed by atoms with Gasteiger partial charge in [-0.3, -0.25) is 9.59 Å². The number of nitrogens with zero attached hydrogens (tertiary/aromatic N) is 1. The van der Waals surface area contributed by atoms with E-state index in [0.29, 0.717) is 38.9 Å². The van der Waals surface area contributed by atoms with Crippen LogP contribution in [-0.4, -0.2) is 25.1 Å². The van der Waals surface area contributed by atoms with Gasteiger partial charge in [0.25, 0.3) is 0 Å². The number of anilines is 1. The molecule has 0 aliphatic carbocycles. The molecule has 0 saturated carbocycles. The Morgan fingerprint density at radius 1 is 1.03 bits per heavy atom. The fourth-order valence-electron chi connectivity index (χ4n) is 2.94. The maximum absolute atomic E-state index is 12.0. The van der Waals surface area contributed by atoms with Crippen molar-refractivity contribution in [1.82, 2.24) is 5.43 Å². The first-order chi connectivity index (χ1) is 16.8. The summed E-state index contributed by atoms with van der Waals surface area (Å²) >= 11 is 12.8.